The summed E-state index contributed by atoms with van der Waals surface area (Å²) in [6.45, 7) is 3.31. The van der Waals surface area contributed by atoms with Gasteiger partial charge < -0.3 is 15.7 Å². The van der Waals surface area contributed by atoms with Crippen LogP contribution < -0.4 is 5.73 Å². The first-order chi connectivity index (χ1) is 6.22. The van der Waals surface area contributed by atoms with Crippen LogP contribution in [0.2, 0.25) is 0 Å². The largest absolute Gasteiger partial charge is 0.394 e. The van der Waals surface area contributed by atoms with Gasteiger partial charge in [0.1, 0.15) is 0 Å². The Morgan fingerprint density at radius 1 is 1.77 bits per heavy atom. The maximum absolute atomic E-state index is 11.5. The van der Waals surface area contributed by atoms with Gasteiger partial charge in [-0.15, -0.1) is 0 Å². The number of carbonyl (C=O) groups excluding carboxylic acids is 1. The Bertz CT molecular complexity index is 180. The van der Waals surface area contributed by atoms with Crippen LogP contribution in [0, 0.1) is 5.92 Å². The second-order valence-corrected chi connectivity index (χ2v) is 3.60. The minimum atomic E-state index is -0.0101. The van der Waals surface area contributed by atoms with Gasteiger partial charge in [-0.05, 0) is 18.9 Å². The number of hydrogen-bond acceptors (Lipinski definition) is 3. The molecule has 1 aliphatic rings. The molecule has 76 valence electrons. The summed E-state index contributed by atoms with van der Waals surface area (Å²) in [5.74, 6) is 0.421. The van der Waals surface area contributed by atoms with E-state index >= 15 is 0 Å². The Labute approximate surface area is 78.7 Å². The van der Waals surface area contributed by atoms with Gasteiger partial charge in [0.05, 0.1) is 12.6 Å². The molecular formula is C9H18N2O2. The Morgan fingerprint density at radius 2 is 2.46 bits per heavy atom. The lowest BCUT2D eigenvalue weighted by molar-refractivity contribution is -0.130. The zero-order valence-electron chi connectivity index (χ0n) is 8.07. The molecule has 4 heteroatoms. The zero-order chi connectivity index (χ0) is 9.84. The fraction of sp³-hybridized carbons (Fsp3) is 0.889. The molecule has 0 bridgehead atoms. The van der Waals surface area contributed by atoms with Crippen LogP contribution in [0.15, 0.2) is 0 Å². The predicted molar refractivity (Wildman–Crippen MR) is 50.0 cm³/mol. The second-order valence-electron chi connectivity index (χ2n) is 3.60. The second kappa shape index (κ2) is 4.58. The van der Waals surface area contributed by atoms with Crippen molar-refractivity contribution < 1.29 is 9.90 Å². The first-order valence-corrected chi connectivity index (χ1v) is 4.83. The van der Waals surface area contributed by atoms with Crippen molar-refractivity contribution in [1.29, 1.82) is 0 Å². The Kier molecular flexibility index (Phi) is 3.69. The highest BCUT2D eigenvalue weighted by Gasteiger charge is 2.32. The van der Waals surface area contributed by atoms with Crippen LogP contribution in [0.1, 0.15) is 19.8 Å². The van der Waals surface area contributed by atoms with Crippen LogP contribution in [-0.2, 0) is 4.79 Å². The monoisotopic (exact) mass is 186 g/mol. The van der Waals surface area contributed by atoms with E-state index in [1.54, 1.807) is 4.90 Å². The number of nitrogens with zero attached hydrogens (tertiary/aromatic N) is 1. The molecular weight excluding hydrogens is 168 g/mol. The van der Waals surface area contributed by atoms with Crippen LogP contribution in [0.3, 0.4) is 0 Å². The van der Waals surface area contributed by atoms with Gasteiger partial charge in [-0.25, -0.2) is 0 Å². The molecule has 0 spiro atoms. The van der Waals surface area contributed by atoms with Crippen molar-refractivity contribution in [3.63, 3.8) is 0 Å². The molecule has 1 unspecified atom stereocenters. The van der Waals surface area contributed by atoms with E-state index < -0.39 is 0 Å². The van der Waals surface area contributed by atoms with Crippen molar-refractivity contribution in [3.05, 3.63) is 0 Å². The summed E-state index contributed by atoms with van der Waals surface area (Å²) in [4.78, 5) is 13.2. The Balaban J connectivity index is 2.55. The predicted octanol–water partition coefficient (Wildman–Crippen LogP) is -0.435. The van der Waals surface area contributed by atoms with E-state index in [0.717, 1.165) is 6.42 Å². The van der Waals surface area contributed by atoms with Crippen molar-refractivity contribution in [1.82, 2.24) is 4.90 Å². The smallest absolute Gasteiger partial charge is 0.223 e. The van der Waals surface area contributed by atoms with Gasteiger partial charge in [-0.2, -0.15) is 0 Å². The van der Waals surface area contributed by atoms with Gasteiger partial charge in [0.25, 0.3) is 0 Å². The first kappa shape index (κ1) is 10.5. The van der Waals surface area contributed by atoms with Gasteiger partial charge in [-0.3, -0.25) is 4.79 Å². The number of carbonyl (C=O) groups is 1. The number of rotatable bonds is 4. The number of amides is 1. The molecule has 1 fully saturated rings. The van der Waals surface area contributed by atoms with Crippen molar-refractivity contribution in [2.75, 3.05) is 19.7 Å². The average molecular weight is 186 g/mol. The van der Waals surface area contributed by atoms with Crippen molar-refractivity contribution in [2.45, 2.75) is 25.8 Å². The molecule has 2 atom stereocenters. The Hall–Kier alpha value is -0.610. The molecule has 1 amide bonds. The summed E-state index contributed by atoms with van der Waals surface area (Å²) >= 11 is 0. The molecule has 1 aliphatic heterocycles. The third-order valence-corrected chi connectivity index (χ3v) is 2.69. The lowest BCUT2D eigenvalue weighted by Gasteiger charge is -2.25. The van der Waals surface area contributed by atoms with E-state index in [1.807, 2.05) is 6.92 Å². The summed E-state index contributed by atoms with van der Waals surface area (Å²) in [6, 6.07) is -0.0101. The fourth-order valence-corrected chi connectivity index (χ4v) is 1.77. The highest BCUT2D eigenvalue weighted by molar-refractivity contribution is 5.79. The van der Waals surface area contributed by atoms with E-state index in [9.17, 15) is 4.79 Å². The SMILES string of the molecule is CC[C@H](CO)N1CC(CN)CC1=O. The molecule has 0 aliphatic carbocycles. The molecule has 0 aromatic rings. The molecule has 0 aromatic carbocycles. The summed E-state index contributed by atoms with van der Waals surface area (Å²) in [6.07, 6.45) is 1.35. The molecule has 3 N–H and O–H groups in total. The molecule has 13 heavy (non-hydrogen) atoms. The van der Waals surface area contributed by atoms with Gasteiger partial charge in [-0.1, -0.05) is 6.92 Å². The average Bonchev–Trinajstić information content (AvgIpc) is 2.50. The lowest BCUT2D eigenvalue weighted by Crippen LogP contribution is -2.39. The Morgan fingerprint density at radius 3 is 2.85 bits per heavy atom. The highest BCUT2D eigenvalue weighted by atomic mass is 16.3. The number of aliphatic hydroxyl groups excluding tert-OH is 1. The van der Waals surface area contributed by atoms with Crippen molar-refractivity contribution in [3.8, 4) is 0 Å². The number of likely N-dealkylation sites (tertiary alicyclic amines) is 1. The maximum atomic E-state index is 11.5. The fourth-order valence-electron chi connectivity index (χ4n) is 1.77. The quantitative estimate of drug-likeness (QED) is 0.625. The van der Waals surface area contributed by atoms with E-state index in [4.69, 9.17) is 10.8 Å². The summed E-state index contributed by atoms with van der Waals surface area (Å²) in [5.41, 5.74) is 5.50. The van der Waals surface area contributed by atoms with Crippen LogP contribution in [0.4, 0.5) is 0 Å². The molecule has 1 heterocycles. The highest BCUT2D eigenvalue weighted by Crippen LogP contribution is 2.20. The van der Waals surface area contributed by atoms with E-state index in [-0.39, 0.29) is 24.5 Å². The lowest BCUT2D eigenvalue weighted by atomic mass is 10.1. The third-order valence-electron chi connectivity index (χ3n) is 2.69. The van der Waals surface area contributed by atoms with Crippen LogP contribution >= 0.6 is 0 Å². The molecule has 0 saturated carbocycles. The number of aliphatic hydroxyl groups is 1. The standard InChI is InChI=1S/C9H18N2O2/c1-2-8(6-12)11-5-7(4-10)3-9(11)13/h7-8,12H,2-6,10H2,1H3/t7?,8-/m1/s1. The third kappa shape index (κ3) is 2.19. The topological polar surface area (TPSA) is 66.6 Å². The maximum Gasteiger partial charge on any atom is 0.223 e. The number of nitrogens with two attached hydrogens (primary N) is 1. The molecule has 1 saturated heterocycles. The first-order valence-electron chi connectivity index (χ1n) is 4.83. The summed E-state index contributed by atoms with van der Waals surface area (Å²) in [5, 5.41) is 9.04. The number of hydrogen-bond donors (Lipinski definition) is 2. The normalized spacial score (nSPS) is 25.3. The van der Waals surface area contributed by atoms with Gasteiger partial charge in [0.2, 0.25) is 5.91 Å². The van der Waals surface area contributed by atoms with E-state index in [0.29, 0.717) is 19.5 Å². The summed E-state index contributed by atoms with van der Waals surface area (Å²) in [7, 11) is 0. The van der Waals surface area contributed by atoms with Crippen molar-refractivity contribution in [2.24, 2.45) is 11.7 Å². The minimum absolute atomic E-state index is 0.0101. The van der Waals surface area contributed by atoms with E-state index in [2.05, 4.69) is 0 Å². The molecule has 1 rings (SSSR count). The van der Waals surface area contributed by atoms with Crippen molar-refractivity contribution >= 4 is 5.91 Å². The molecule has 0 radical (unpaired) electrons. The van der Waals surface area contributed by atoms with Crippen LogP contribution in [-0.4, -0.2) is 41.7 Å². The summed E-state index contributed by atoms with van der Waals surface area (Å²) < 4.78 is 0. The van der Waals surface area contributed by atoms with Gasteiger partial charge in [0, 0.05) is 13.0 Å². The molecule has 0 aromatic heterocycles. The van der Waals surface area contributed by atoms with Crippen LogP contribution in [0.25, 0.3) is 0 Å². The zero-order valence-corrected chi connectivity index (χ0v) is 8.07. The minimum Gasteiger partial charge on any atom is -0.394 e. The molecule has 4 nitrogen and oxygen atoms in total. The van der Waals surface area contributed by atoms with Gasteiger partial charge in [0.15, 0.2) is 0 Å². The van der Waals surface area contributed by atoms with Crippen LogP contribution in [0.5, 0.6) is 0 Å². The van der Waals surface area contributed by atoms with Gasteiger partial charge >= 0.3 is 0 Å². The van der Waals surface area contributed by atoms with E-state index in [1.165, 1.54) is 0 Å².